The van der Waals surface area contributed by atoms with E-state index in [2.05, 4.69) is 38.1 Å². The molecule has 6 rings (SSSR count). The molecule has 0 bridgehead atoms. The second-order valence-corrected chi connectivity index (χ2v) is 14.4. The van der Waals surface area contributed by atoms with Gasteiger partial charge in [0, 0.05) is 25.6 Å². The number of hydrogen-bond donors (Lipinski definition) is 4. The van der Waals surface area contributed by atoms with E-state index in [1.807, 2.05) is 60.7 Å². The van der Waals surface area contributed by atoms with Gasteiger partial charge >= 0.3 is 69.3 Å². The van der Waals surface area contributed by atoms with E-state index in [1.165, 1.54) is 22.3 Å². The predicted molar refractivity (Wildman–Crippen MR) is 218 cm³/mol. The Morgan fingerprint density at radius 2 is 1.17 bits per heavy atom. The average Bonchev–Trinajstić information content (AvgIpc) is 3.74. The van der Waals surface area contributed by atoms with Crippen LogP contribution in [0.15, 0.2) is 84.0 Å². The summed E-state index contributed by atoms with van der Waals surface area (Å²) in [6.07, 6.45) is 9.56. The number of esters is 2. The molecule has 2 fully saturated rings. The van der Waals surface area contributed by atoms with Gasteiger partial charge in [0.1, 0.15) is 0 Å². The molecule has 0 radical (unpaired) electrons. The Bertz CT molecular complexity index is 1640. The van der Waals surface area contributed by atoms with Gasteiger partial charge in [0.15, 0.2) is 5.92 Å². The Morgan fingerprint density at radius 1 is 0.759 bits per heavy atom. The van der Waals surface area contributed by atoms with Gasteiger partial charge in [-0.05, 0) is 88.2 Å². The number of hydrogen-bond acceptors (Lipinski definition) is 11. The Labute approximate surface area is 387 Å². The summed E-state index contributed by atoms with van der Waals surface area (Å²) in [7, 11) is 0. The van der Waals surface area contributed by atoms with Crippen LogP contribution >= 0.6 is 0 Å². The maximum absolute atomic E-state index is 12.3. The number of aliphatic carboxylic acids is 1. The van der Waals surface area contributed by atoms with Crippen LogP contribution < -0.4 is 62.9 Å². The molecule has 4 aliphatic rings. The molecule has 0 spiro atoms. The number of carboxylic acid groups (broad SMARTS) is 1. The van der Waals surface area contributed by atoms with Gasteiger partial charge in [0.25, 0.3) is 0 Å². The average molecular weight is 827 g/mol. The van der Waals surface area contributed by atoms with Crippen molar-refractivity contribution in [1.82, 2.24) is 0 Å². The first-order valence-corrected chi connectivity index (χ1v) is 19.8. The summed E-state index contributed by atoms with van der Waals surface area (Å²) in [6, 6.07) is 24.5. The van der Waals surface area contributed by atoms with Gasteiger partial charge < -0.3 is 36.6 Å². The fourth-order valence-electron chi connectivity index (χ4n) is 8.11. The zero-order valence-electron chi connectivity index (χ0n) is 35.2. The number of aliphatic hydroxyl groups excluding tert-OH is 1. The molecule has 4 aliphatic carbocycles. The maximum Gasteiger partial charge on any atom is 1.00 e. The normalized spacial score (nSPS) is 23.6. The van der Waals surface area contributed by atoms with Crippen molar-refractivity contribution >= 4 is 17.9 Å². The van der Waals surface area contributed by atoms with Gasteiger partial charge in [0.05, 0.1) is 42.6 Å². The van der Waals surface area contributed by atoms with Crippen LogP contribution in [0.1, 0.15) is 90.7 Å². The summed E-state index contributed by atoms with van der Waals surface area (Å²) >= 11 is 0. The van der Waals surface area contributed by atoms with E-state index in [0.717, 1.165) is 32.1 Å². The van der Waals surface area contributed by atoms with Crippen molar-refractivity contribution in [2.24, 2.45) is 51.9 Å². The number of ether oxygens (including phenoxy) is 2. The molecule has 12 nitrogen and oxygen atoms in total. The molecular weight excluding hydrogens is 764 g/mol. The van der Waals surface area contributed by atoms with Crippen molar-refractivity contribution in [3.05, 3.63) is 95.1 Å². The van der Waals surface area contributed by atoms with Crippen LogP contribution in [0.3, 0.4) is 0 Å². The van der Waals surface area contributed by atoms with Gasteiger partial charge in [-0.1, -0.05) is 97.8 Å². The second kappa shape index (κ2) is 28.3. The summed E-state index contributed by atoms with van der Waals surface area (Å²) in [6.45, 7) is 11.1. The van der Waals surface area contributed by atoms with E-state index in [1.54, 1.807) is 20.8 Å². The third-order valence-electron chi connectivity index (χ3n) is 10.9. The van der Waals surface area contributed by atoms with E-state index in [0.29, 0.717) is 31.3 Å². The van der Waals surface area contributed by atoms with Gasteiger partial charge in [0.2, 0.25) is 0 Å². The molecule has 7 N–H and O–H groups in total. The van der Waals surface area contributed by atoms with Gasteiger partial charge in [-0.15, -0.1) is 0 Å². The fraction of sp³-hybridized carbons (Fsp3) is 0.533. The summed E-state index contributed by atoms with van der Waals surface area (Å²) in [5.74, 6) is -2.22. The summed E-state index contributed by atoms with van der Waals surface area (Å²) in [4.78, 5) is 35.3. The van der Waals surface area contributed by atoms with Crippen molar-refractivity contribution in [1.29, 1.82) is 10.5 Å². The molecule has 2 aromatic rings. The number of aliphatic hydroxyl groups is 1. The van der Waals surface area contributed by atoms with Gasteiger partial charge in [-0.25, -0.2) is 0 Å². The van der Waals surface area contributed by atoms with Crippen molar-refractivity contribution in [3.63, 3.8) is 0 Å². The largest absolute Gasteiger partial charge is 1.00 e. The van der Waals surface area contributed by atoms with Gasteiger partial charge in [-0.3, -0.25) is 14.4 Å². The minimum atomic E-state index is -1.15. The molecule has 0 aromatic heterocycles. The first kappa shape index (κ1) is 54.8. The third kappa shape index (κ3) is 14.8. The molecule has 0 amide bonds. The standard InChI is InChI=1S/C17H23NO4.C12H15NO2.2C7H9N.C2H6O.K.H2O/c1-4-11-7-12-9-17(10-18,13(12)8-11)14(15(19)21-5-2)16(20)22-6-3;1-2-8-3-9-5-12(7-13,6-11(14)15)10(9)4-8;2*8-6-7-4-2-1-3-5-7;1-2-3;;/h8,12-14H,4-7,9H2,1-3H3;4,9-10H,2-3,5-6H2,1H3,(H,14,15);2*1-5H,6,8H2;3H,2H2,1H3;;1H2/q;;;;;+1;/p-1/t12-,13-,17-;9-,10-,12-;;;;;/m11...../s1. The summed E-state index contributed by atoms with van der Waals surface area (Å²) in [5.41, 5.74) is 14.2. The zero-order valence-corrected chi connectivity index (χ0v) is 38.4. The second-order valence-electron chi connectivity index (χ2n) is 14.4. The topological polar surface area (TPSA) is 240 Å². The molecule has 312 valence electrons. The molecule has 2 aromatic carbocycles. The first-order chi connectivity index (χ1) is 26.9. The smallest absolute Gasteiger partial charge is 0.870 e. The number of nitriles is 2. The maximum atomic E-state index is 12.3. The van der Waals surface area contributed by atoms with Crippen LogP contribution in [-0.2, 0) is 36.9 Å². The SMILES string of the molecule is CCC1=C[C@@H]2[C@H](C1)C[C@]2(C#N)CC(=O)O.CCO.CCOC(=O)C(C(=O)OCC)[C@@]1(C#N)C[C@H]2CC(CC)=C[C@H]21.NCc1ccccc1.NCc1ccccc1.[K+].[OH-]. The number of benzene rings is 2. The van der Waals surface area contributed by atoms with Crippen molar-refractivity contribution < 1.29 is 90.9 Å². The zero-order chi connectivity index (χ0) is 41.7. The first-order valence-electron chi connectivity index (χ1n) is 19.8. The van der Waals surface area contributed by atoms with Crippen LogP contribution in [0.2, 0.25) is 0 Å². The molecule has 58 heavy (non-hydrogen) atoms. The van der Waals surface area contributed by atoms with Crippen LogP contribution in [-0.4, -0.2) is 53.4 Å². The third-order valence-corrected chi connectivity index (χ3v) is 10.9. The van der Waals surface area contributed by atoms with Crippen LogP contribution in [0.25, 0.3) is 0 Å². The van der Waals surface area contributed by atoms with E-state index >= 15 is 0 Å². The summed E-state index contributed by atoms with van der Waals surface area (Å²) < 4.78 is 10.1. The van der Waals surface area contributed by atoms with Crippen molar-refractivity contribution in [2.75, 3.05) is 19.8 Å². The van der Waals surface area contributed by atoms with E-state index in [-0.39, 0.29) is 94.9 Å². The molecular formula is C45H63KN4O8. The van der Waals surface area contributed by atoms with Crippen LogP contribution in [0.5, 0.6) is 0 Å². The number of carbonyl (C=O) groups excluding carboxylic acids is 2. The molecule has 0 aliphatic heterocycles. The number of carboxylic acids is 1. The number of allylic oxidation sites excluding steroid dienone is 4. The Kier molecular flexibility index (Phi) is 26.7. The molecule has 0 unspecified atom stereocenters. The molecule has 2 saturated carbocycles. The Hall–Kier alpha value is -3.21. The minimum absolute atomic E-state index is 0. The molecule has 0 saturated heterocycles. The van der Waals surface area contributed by atoms with Crippen molar-refractivity contribution in [3.8, 4) is 12.1 Å². The van der Waals surface area contributed by atoms with Crippen LogP contribution in [0, 0.1) is 63.1 Å². The number of fused-ring (bicyclic) bond motifs is 2. The van der Waals surface area contributed by atoms with E-state index in [9.17, 15) is 19.6 Å². The van der Waals surface area contributed by atoms with Gasteiger partial charge in [-0.2, -0.15) is 10.5 Å². The number of rotatable bonds is 11. The quantitative estimate of drug-likeness (QED) is 0.109. The monoisotopic (exact) mass is 826 g/mol. The minimum Gasteiger partial charge on any atom is -0.870 e. The van der Waals surface area contributed by atoms with E-state index in [4.69, 9.17) is 36.4 Å². The van der Waals surface area contributed by atoms with Crippen LogP contribution in [0.4, 0.5) is 0 Å². The Morgan fingerprint density at radius 3 is 1.50 bits per heavy atom. The fourth-order valence-corrected chi connectivity index (χ4v) is 8.11. The molecule has 13 heteroatoms. The number of nitrogens with zero attached hydrogens (tertiary/aromatic N) is 2. The number of carbonyl (C=O) groups is 3. The number of nitrogens with two attached hydrogens (primary N) is 2. The molecule has 6 atom stereocenters. The predicted octanol–water partition coefficient (Wildman–Crippen LogP) is 4.08. The Balaban J connectivity index is 0.000000779. The molecule has 0 heterocycles. The van der Waals surface area contributed by atoms with Crippen molar-refractivity contribution in [2.45, 2.75) is 92.7 Å². The van der Waals surface area contributed by atoms with E-state index < -0.39 is 34.7 Å². The summed E-state index contributed by atoms with van der Waals surface area (Å²) in [5, 5.41) is 35.3.